The number of rotatable bonds is 4. The fourth-order valence-corrected chi connectivity index (χ4v) is 5.13. The molecule has 9 nitrogen and oxygen atoms in total. The van der Waals surface area contributed by atoms with Gasteiger partial charge in [0.1, 0.15) is 5.69 Å². The molecule has 1 aromatic carbocycles. The zero-order valence-electron chi connectivity index (χ0n) is 17.7. The molecule has 3 aromatic heterocycles. The van der Waals surface area contributed by atoms with E-state index in [9.17, 15) is 0 Å². The average Bonchev–Trinajstić information content (AvgIpc) is 3.53. The molecule has 2 unspecified atom stereocenters. The third kappa shape index (κ3) is 3.16. The molecule has 6 rings (SSSR count). The van der Waals surface area contributed by atoms with Gasteiger partial charge in [-0.25, -0.2) is 0 Å². The lowest BCUT2D eigenvalue weighted by Crippen LogP contribution is -2.47. The summed E-state index contributed by atoms with van der Waals surface area (Å²) in [5.74, 6) is 0.923. The quantitative estimate of drug-likeness (QED) is 0.528. The topological polar surface area (TPSA) is 100 Å². The zero-order chi connectivity index (χ0) is 20.9. The summed E-state index contributed by atoms with van der Waals surface area (Å²) in [4.78, 5) is 3.86. The SMILES string of the molecule is CN(c1ccc(-c2ccc(-c3cnn(C)n3)c3cn[nH]c23)nn1)C1CC2CCC(C1)N2. The minimum atomic E-state index is 0.518. The minimum absolute atomic E-state index is 0.518. The van der Waals surface area contributed by atoms with Crippen LogP contribution in [0.1, 0.15) is 25.7 Å². The van der Waals surface area contributed by atoms with E-state index in [0.29, 0.717) is 18.1 Å². The molecule has 2 atom stereocenters. The molecule has 2 N–H and O–H groups in total. The number of anilines is 1. The Morgan fingerprint density at radius 3 is 2.48 bits per heavy atom. The molecule has 4 aromatic rings. The Labute approximate surface area is 179 Å². The molecular formula is C22H25N9. The maximum absolute atomic E-state index is 4.57. The maximum Gasteiger partial charge on any atom is 0.151 e. The van der Waals surface area contributed by atoms with Gasteiger partial charge in [-0.1, -0.05) is 6.07 Å². The summed E-state index contributed by atoms with van der Waals surface area (Å²) < 4.78 is 0. The number of aryl methyl sites for hydroxylation is 1. The molecule has 9 heteroatoms. The van der Waals surface area contributed by atoms with E-state index in [0.717, 1.165) is 39.2 Å². The smallest absolute Gasteiger partial charge is 0.151 e. The van der Waals surface area contributed by atoms with Crippen LogP contribution >= 0.6 is 0 Å². The van der Waals surface area contributed by atoms with Gasteiger partial charge in [0, 0.05) is 48.7 Å². The lowest BCUT2D eigenvalue weighted by molar-refractivity contribution is 0.353. The molecule has 0 saturated carbocycles. The van der Waals surface area contributed by atoms with E-state index in [1.165, 1.54) is 25.7 Å². The number of nitrogens with zero attached hydrogens (tertiary/aromatic N) is 7. The van der Waals surface area contributed by atoms with Crippen LogP contribution in [0, 0.1) is 0 Å². The highest BCUT2D eigenvalue weighted by Crippen LogP contribution is 2.34. The van der Waals surface area contributed by atoms with Crippen LogP contribution in [-0.4, -0.2) is 60.6 Å². The lowest BCUT2D eigenvalue weighted by Gasteiger charge is -2.36. The van der Waals surface area contributed by atoms with Crippen molar-refractivity contribution in [3.05, 3.63) is 36.7 Å². The molecule has 2 saturated heterocycles. The van der Waals surface area contributed by atoms with Crippen LogP contribution in [0.15, 0.2) is 36.7 Å². The minimum Gasteiger partial charge on any atom is -0.355 e. The molecule has 31 heavy (non-hydrogen) atoms. The molecule has 158 valence electrons. The monoisotopic (exact) mass is 415 g/mol. The highest BCUT2D eigenvalue weighted by Gasteiger charge is 2.35. The summed E-state index contributed by atoms with van der Waals surface area (Å²) in [7, 11) is 3.95. The molecule has 2 aliphatic heterocycles. The Balaban J connectivity index is 1.30. The van der Waals surface area contributed by atoms with Crippen LogP contribution in [0.5, 0.6) is 0 Å². The number of nitrogens with one attached hydrogen (secondary N) is 2. The van der Waals surface area contributed by atoms with Gasteiger partial charge in [-0.05, 0) is 43.9 Å². The van der Waals surface area contributed by atoms with Gasteiger partial charge in [-0.15, -0.1) is 10.2 Å². The van der Waals surface area contributed by atoms with E-state index in [1.54, 1.807) is 11.0 Å². The predicted octanol–water partition coefficient (Wildman–Crippen LogP) is 2.53. The van der Waals surface area contributed by atoms with Crippen molar-refractivity contribution in [3.63, 3.8) is 0 Å². The summed E-state index contributed by atoms with van der Waals surface area (Å²) in [5, 5.41) is 29.8. The van der Waals surface area contributed by atoms with Crippen molar-refractivity contribution in [2.75, 3.05) is 11.9 Å². The Morgan fingerprint density at radius 1 is 0.968 bits per heavy atom. The molecule has 2 bridgehead atoms. The average molecular weight is 416 g/mol. The van der Waals surface area contributed by atoms with Crippen molar-refractivity contribution < 1.29 is 0 Å². The first-order chi connectivity index (χ1) is 15.2. The van der Waals surface area contributed by atoms with Crippen LogP contribution in [0.2, 0.25) is 0 Å². The molecule has 2 aliphatic rings. The molecular weight excluding hydrogens is 390 g/mol. The molecule has 0 spiro atoms. The van der Waals surface area contributed by atoms with Gasteiger partial charge in [0.15, 0.2) is 5.82 Å². The van der Waals surface area contributed by atoms with Gasteiger partial charge in [0.2, 0.25) is 0 Å². The zero-order valence-corrected chi connectivity index (χ0v) is 17.7. The Morgan fingerprint density at radius 2 is 1.77 bits per heavy atom. The Hall–Kier alpha value is -3.33. The van der Waals surface area contributed by atoms with Gasteiger partial charge < -0.3 is 10.2 Å². The second-order valence-electron chi connectivity index (χ2n) is 8.69. The van der Waals surface area contributed by atoms with Crippen molar-refractivity contribution in [2.45, 2.75) is 43.8 Å². The highest BCUT2D eigenvalue weighted by molar-refractivity contribution is 6.01. The second-order valence-corrected chi connectivity index (χ2v) is 8.69. The summed E-state index contributed by atoms with van der Waals surface area (Å²) in [6.07, 6.45) is 8.53. The number of H-pyrrole nitrogens is 1. The number of hydrogen-bond donors (Lipinski definition) is 2. The van der Waals surface area contributed by atoms with Crippen LogP contribution in [0.25, 0.3) is 33.4 Å². The standard InChI is InChI=1S/C22H25N9/c1-30(15-9-13-3-4-14(10-15)25-13)21-8-7-19(26-27-21)17-6-5-16(18-11-23-28-22(17)18)20-12-24-31(2)29-20/h5-8,11-15,25H,3-4,9-10H2,1-2H3,(H,23,28). The largest absolute Gasteiger partial charge is 0.355 e. The first kappa shape index (κ1) is 18.4. The van der Waals surface area contributed by atoms with Crippen LogP contribution in [0.3, 0.4) is 0 Å². The molecule has 0 aliphatic carbocycles. The first-order valence-electron chi connectivity index (χ1n) is 10.8. The number of benzene rings is 1. The van der Waals surface area contributed by atoms with Gasteiger partial charge in [0.25, 0.3) is 0 Å². The van der Waals surface area contributed by atoms with Crippen molar-refractivity contribution in [1.29, 1.82) is 0 Å². The molecule has 0 amide bonds. The third-order valence-corrected chi connectivity index (χ3v) is 6.77. The Kier molecular flexibility index (Phi) is 4.24. The number of fused-ring (bicyclic) bond motifs is 3. The van der Waals surface area contributed by atoms with Crippen molar-refractivity contribution in [3.8, 4) is 22.5 Å². The highest BCUT2D eigenvalue weighted by atomic mass is 15.4. The summed E-state index contributed by atoms with van der Waals surface area (Å²) in [5.41, 5.74) is 4.53. The van der Waals surface area contributed by atoms with E-state index in [-0.39, 0.29) is 0 Å². The van der Waals surface area contributed by atoms with E-state index < -0.39 is 0 Å². The summed E-state index contributed by atoms with van der Waals surface area (Å²) in [6, 6.07) is 10.0. The predicted molar refractivity (Wildman–Crippen MR) is 118 cm³/mol. The van der Waals surface area contributed by atoms with Gasteiger partial charge in [-0.3, -0.25) is 5.10 Å². The van der Waals surface area contributed by atoms with E-state index in [2.05, 4.69) is 53.9 Å². The maximum atomic E-state index is 4.57. The molecule has 0 radical (unpaired) electrons. The number of aromatic amines is 1. The molecule has 2 fully saturated rings. The number of aromatic nitrogens is 7. The van der Waals surface area contributed by atoms with E-state index >= 15 is 0 Å². The summed E-state index contributed by atoms with van der Waals surface area (Å²) in [6.45, 7) is 0. The number of hydrogen-bond acceptors (Lipinski definition) is 7. The normalized spacial score (nSPS) is 22.8. The Bertz CT molecular complexity index is 1210. The summed E-state index contributed by atoms with van der Waals surface area (Å²) >= 11 is 0. The first-order valence-corrected chi connectivity index (χ1v) is 10.8. The van der Waals surface area contributed by atoms with E-state index in [4.69, 9.17) is 0 Å². The van der Waals surface area contributed by atoms with Crippen molar-refractivity contribution in [2.24, 2.45) is 7.05 Å². The van der Waals surface area contributed by atoms with Crippen molar-refractivity contribution >= 4 is 16.7 Å². The van der Waals surface area contributed by atoms with Gasteiger partial charge in [0.05, 0.1) is 23.6 Å². The van der Waals surface area contributed by atoms with Crippen LogP contribution < -0.4 is 10.2 Å². The van der Waals surface area contributed by atoms with Gasteiger partial charge >= 0.3 is 0 Å². The van der Waals surface area contributed by atoms with Crippen LogP contribution in [-0.2, 0) is 7.05 Å². The number of piperidine rings is 1. The van der Waals surface area contributed by atoms with Crippen molar-refractivity contribution in [1.82, 2.24) is 40.7 Å². The van der Waals surface area contributed by atoms with Crippen LogP contribution in [0.4, 0.5) is 5.82 Å². The fourth-order valence-electron chi connectivity index (χ4n) is 5.13. The lowest BCUT2D eigenvalue weighted by atomic mass is 9.98. The van der Waals surface area contributed by atoms with E-state index in [1.807, 2.05) is 31.4 Å². The van der Waals surface area contributed by atoms with Gasteiger partial charge in [-0.2, -0.15) is 20.1 Å². The second kappa shape index (κ2) is 7.12. The fraction of sp³-hybridized carbons (Fsp3) is 0.409. The molecule has 5 heterocycles. The third-order valence-electron chi connectivity index (χ3n) is 6.77.